The maximum Gasteiger partial charge on any atom is 0.124 e. The summed E-state index contributed by atoms with van der Waals surface area (Å²) in [5, 5.41) is 3.28. The third-order valence-corrected chi connectivity index (χ3v) is 2.65. The maximum absolute atomic E-state index is 12.7. The van der Waals surface area contributed by atoms with Gasteiger partial charge in [-0.05, 0) is 24.6 Å². The maximum atomic E-state index is 12.7. The van der Waals surface area contributed by atoms with Crippen LogP contribution in [0, 0.1) is 5.82 Å². The molecule has 0 amide bonds. The van der Waals surface area contributed by atoms with Crippen LogP contribution in [-0.4, -0.2) is 11.9 Å². The van der Waals surface area contributed by atoms with E-state index in [0.29, 0.717) is 6.54 Å². The predicted molar refractivity (Wildman–Crippen MR) is 61.1 cm³/mol. The van der Waals surface area contributed by atoms with Crippen molar-refractivity contribution in [1.29, 1.82) is 0 Å². The Bertz CT molecular complexity index is 304. The molecule has 1 aromatic rings. The lowest BCUT2D eigenvalue weighted by Gasteiger charge is -2.07. The molecule has 0 aliphatic carbocycles. The summed E-state index contributed by atoms with van der Waals surface area (Å²) in [6.07, 6.45) is 0. The van der Waals surface area contributed by atoms with Crippen LogP contribution >= 0.6 is 27.5 Å². The normalized spacial score (nSPS) is 12.9. The molecular formula is C10H12BrClFN. The van der Waals surface area contributed by atoms with Gasteiger partial charge in [-0.1, -0.05) is 22.0 Å². The fourth-order valence-corrected chi connectivity index (χ4v) is 1.67. The highest BCUT2D eigenvalue weighted by molar-refractivity contribution is 9.10. The van der Waals surface area contributed by atoms with Crippen LogP contribution < -0.4 is 5.32 Å². The van der Waals surface area contributed by atoms with E-state index in [9.17, 15) is 4.39 Å². The quantitative estimate of drug-likeness (QED) is 0.835. The molecule has 0 aliphatic rings. The van der Waals surface area contributed by atoms with Crippen LogP contribution in [0.5, 0.6) is 0 Å². The van der Waals surface area contributed by atoms with Crippen molar-refractivity contribution in [1.82, 2.24) is 5.32 Å². The molecule has 1 N–H and O–H groups in total. The van der Waals surface area contributed by atoms with Gasteiger partial charge in [-0.25, -0.2) is 4.39 Å². The molecule has 1 aromatic carbocycles. The van der Waals surface area contributed by atoms with Crippen LogP contribution in [0.2, 0.25) is 0 Å². The first-order chi connectivity index (χ1) is 6.59. The smallest absolute Gasteiger partial charge is 0.124 e. The summed E-state index contributed by atoms with van der Waals surface area (Å²) in [6, 6.07) is 4.67. The molecule has 4 heteroatoms. The molecule has 14 heavy (non-hydrogen) atoms. The molecule has 1 nitrogen and oxygen atoms in total. The van der Waals surface area contributed by atoms with E-state index in [1.807, 2.05) is 6.92 Å². The molecule has 0 spiro atoms. The fourth-order valence-electron chi connectivity index (χ4n) is 1.07. The first kappa shape index (κ1) is 12.0. The van der Waals surface area contributed by atoms with Crippen molar-refractivity contribution >= 4 is 27.5 Å². The molecule has 0 heterocycles. The lowest BCUT2D eigenvalue weighted by atomic mass is 10.2. The molecule has 0 aromatic heterocycles. The molecular weight excluding hydrogens is 268 g/mol. The average Bonchev–Trinajstić information content (AvgIpc) is 2.08. The van der Waals surface area contributed by atoms with Crippen molar-refractivity contribution in [3.63, 3.8) is 0 Å². The van der Waals surface area contributed by atoms with Gasteiger partial charge < -0.3 is 5.32 Å². The third-order valence-electron chi connectivity index (χ3n) is 1.76. The molecule has 78 valence electrons. The van der Waals surface area contributed by atoms with Gasteiger partial charge in [0.15, 0.2) is 0 Å². The Kier molecular flexibility index (Phi) is 4.85. The van der Waals surface area contributed by atoms with E-state index < -0.39 is 0 Å². The Morgan fingerprint density at radius 1 is 1.57 bits per heavy atom. The predicted octanol–water partition coefficient (Wildman–Crippen LogP) is 3.31. The summed E-state index contributed by atoms with van der Waals surface area (Å²) in [5.74, 6) is -0.230. The average molecular weight is 281 g/mol. The van der Waals surface area contributed by atoms with Crippen molar-refractivity contribution in [2.24, 2.45) is 0 Å². The number of rotatable bonds is 4. The van der Waals surface area contributed by atoms with Gasteiger partial charge in [0.1, 0.15) is 5.82 Å². The standard InChI is InChI=1S/C10H12BrClFN/c1-7(12)5-14-6-8-2-3-9(13)4-10(8)11/h2-4,7,14H,5-6H2,1H3. The van der Waals surface area contributed by atoms with Crippen molar-refractivity contribution in [2.45, 2.75) is 18.8 Å². The lowest BCUT2D eigenvalue weighted by molar-refractivity contribution is 0.623. The first-order valence-corrected chi connectivity index (χ1v) is 5.61. The van der Waals surface area contributed by atoms with Gasteiger partial charge in [0, 0.05) is 22.9 Å². The zero-order chi connectivity index (χ0) is 10.6. The van der Waals surface area contributed by atoms with E-state index in [1.165, 1.54) is 12.1 Å². The van der Waals surface area contributed by atoms with Crippen LogP contribution in [0.25, 0.3) is 0 Å². The molecule has 0 saturated carbocycles. The van der Waals surface area contributed by atoms with E-state index in [1.54, 1.807) is 6.07 Å². The number of hydrogen-bond donors (Lipinski definition) is 1. The van der Waals surface area contributed by atoms with E-state index in [4.69, 9.17) is 11.6 Å². The highest BCUT2D eigenvalue weighted by Crippen LogP contribution is 2.17. The van der Waals surface area contributed by atoms with Gasteiger partial charge in [0.05, 0.1) is 0 Å². The highest BCUT2D eigenvalue weighted by Gasteiger charge is 2.01. The van der Waals surface area contributed by atoms with Gasteiger partial charge in [0.2, 0.25) is 0 Å². The van der Waals surface area contributed by atoms with E-state index in [2.05, 4.69) is 21.2 Å². The van der Waals surface area contributed by atoms with Crippen molar-refractivity contribution in [3.05, 3.63) is 34.1 Å². The number of alkyl halides is 1. The van der Waals surface area contributed by atoms with Crippen LogP contribution in [0.1, 0.15) is 12.5 Å². The number of benzene rings is 1. The minimum Gasteiger partial charge on any atom is -0.311 e. The zero-order valence-electron chi connectivity index (χ0n) is 7.86. The molecule has 1 atom stereocenters. The Balaban J connectivity index is 2.51. The van der Waals surface area contributed by atoms with Crippen LogP contribution in [-0.2, 0) is 6.54 Å². The van der Waals surface area contributed by atoms with Gasteiger partial charge in [0.25, 0.3) is 0 Å². The molecule has 1 unspecified atom stereocenters. The van der Waals surface area contributed by atoms with Crippen LogP contribution in [0.3, 0.4) is 0 Å². The Morgan fingerprint density at radius 2 is 2.29 bits per heavy atom. The molecule has 0 radical (unpaired) electrons. The van der Waals surface area contributed by atoms with Gasteiger partial charge in [-0.2, -0.15) is 0 Å². The third kappa shape index (κ3) is 3.95. The van der Waals surface area contributed by atoms with Crippen molar-refractivity contribution < 1.29 is 4.39 Å². The minimum atomic E-state index is -0.230. The van der Waals surface area contributed by atoms with Gasteiger partial charge in [-0.15, -0.1) is 11.6 Å². The van der Waals surface area contributed by atoms with Crippen molar-refractivity contribution in [2.75, 3.05) is 6.54 Å². The topological polar surface area (TPSA) is 12.0 Å². The second-order valence-corrected chi connectivity index (χ2v) is 4.75. The molecule has 0 fully saturated rings. The summed E-state index contributed by atoms with van der Waals surface area (Å²) in [6.45, 7) is 3.36. The van der Waals surface area contributed by atoms with E-state index in [0.717, 1.165) is 16.6 Å². The van der Waals surface area contributed by atoms with Gasteiger partial charge in [-0.3, -0.25) is 0 Å². The summed E-state index contributed by atoms with van der Waals surface area (Å²) < 4.78 is 13.5. The zero-order valence-corrected chi connectivity index (χ0v) is 10.2. The van der Waals surface area contributed by atoms with Gasteiger partial charge >= 0.3 is 0 Å². The van der Waals surface area contributed by atoms with E-state index in [-0.39, 0.29) is 11.2 Å². The number of nitrogens with one attached hydrogen (secondary N) is 1. The number of halogens is 3. The summed E-state index contributed by atoms with van der Waals surface area (Å²) in [7, 11) is 0. The minimum absolute atomic E-state index is 0.106. The summed E-state index contributed by atoms with van der Waals surface area (Å²) >= 11 is 9.08. The number of hydrogen-bond acceptors (Lipinski definition) is 1. The summed E-state index contributed by atoms with van der Waals surface area (Å²) in [4.78, 5) is 0. The lowest BCUT2D eigenvalue weighted by Crippen LogP contribution is -2.20. The van der Waals surface area contributed by atoms with Crippen molar-refractivity contribution in [3.8, 4) is 0 Å². The summed E-state index contributed by atoms with van der Waals surface area (Å²) in [5.41, 5.74) is 1.03. The largest absolute Gasteiger partial charge is 0.311 e. The molecule has 1 rings (SSSR count). The molecule has 0 aliphatic heterocycles. The Labute approximate surface area is 96.8 Å². The second-order valence-electron chi connectivity index (χ2n) is 3.15. The van der Waals surface area contributed by atoms with Crippen LogP contribution in [0.4, 0.5) is 4.39 Å². The first-order valence-electron chi connectivity index (χ1n) is 4.38. The fraction of sp³-hybridized carbons (Fsp3) is 0.400. The Hall–Kier alpha value is -0.120. The molecule has 0 bridgehead atoms. The highest BCUT2D eigenvalue weighted by atomic mass is 79.9. The second kappa shape index (κ2) is 5.69. The SMILES string of the molecule is CC(Cl)CNCc1ccc(F)cc1Br. The van der Waals surface area contributed by atoms with Crippen LogP contribution in [0.15, 0.2) is 22.7 Å². The van der Waals surface area contributed by atoms with E-state index >= 15 is 0 Å². The monoisotopic (exact) mass is 279 g/mol. The Morgan fingerprint density at radius 3 is 2.86 bits per heavy atom. The molecule has 0 saturated heterocycles.